The van der Waals surface area contributed by atoms with Gasteiger partial charge in [0.25, 0.3) is 0 Å². The molecule has 0 fully saturated rings. The van der Waals surface area contributed by atoms with Gasteiger partial charge in [0.2, 0.25) is 0 Å². The van der Waals surface area contributed by atoms with Crippen LogP contribution in [0.3, 0.4) is 0 Å². The van der Waals surface area contributed by atoms with E-state index in [2.05, 4.69) is 167 Å². The minimum absolute atomic E-state index is 0.131. The van der Waals surface area contributed by atoms with Crippen molar-refractivity contribution in [2.75, 3.05) is 13.2 Å². The van der Waals surface area contributed by atoms with Crippen LogP contribution in [0, 0.1) is 0 Å². The van der Waals surface area contributed by atoms with Crippen LogP contribution in [0.4, 0.5) is 0 Å². The van der Waals surface area contributed by atoms with Crippen LogP contribution in [0.5, 0.6) is 0 Å². The van der Waals surface area contributed by atoms with Crippen LogP contribution in [0.2, 0.25) is 0 Å². The van der Waals surface area contributed by atoms with Crippen molar-refractivity contribution in [3.8, 4) is 0 Å². The SMILES string of the molecule is CC/C=C\C/C=C\C/C=C\C/C=C\C/C=C\CCCCCC(=O)OCC(COC(=O)CCCCC/C=C\C/C=C\C/C=C\C/C=C\CC)OC(=O)CCC/C=C\C/C=C\C/C=C\CCCCCCCC. The topological polar surface area (TPSA) is 78.9 Å². The summed E-state index contributed by atoms with van der Waals surface area (Å²) in [6.07, 6.45) is 81.2. The van der Waals surface area contributed by atoms with E-state index in [1.165, 1.54) is 44.9 Å². The second kappa shape index (κ2) is 56.9. The number of carbonyl (C=O) groups excluding carboxylic acids is 3. The highest BCUT2D eigenvalue weighted by atomic mass is 16.6. The quantitative estimate of drug-likeness (QED) is 0.0262. The minimum atomic E-state index is -0.839. The molecular formula is C64H100O6. The predicted octanol–water partition coefficient (Wildman–Crippen LogP) is 18.8. The standard InChI is InChI=1S/C64H100O6/c1-4-7-10-13-16-19-22-25-28-31-32-34-36-39-42-45-48-51-54-57-63(66)69-60-61(59-68-62(65)56-53-50-47-44-41-38-35-30-27-24-21-18-15-12-9-6-3)70-64(67)58-55-52-49-46-43-40-37-33-29-26-23-20-17-14-11-8-5-2/h7,9-10,12,16,18-19,21,25-30,32,34,37-42,46,49,61H,4-6,8,11,13-15,17,20,22-24,31,33,35-36,43-45,47-48,50-60H2,1-3H3/b10-7-,12-9-,19-16-,21-18-,28-25-,29-26-,30-27-,34-32-,40-37-,41-38-,42-39-,49-46-. The number of carbonyl (C=O) groups is 3. The summed E-state index contributed by atoms with van der Waals surface area (Å²) in [5.41, 5.74) is 0. The van der Waals surface area contributed by atoms with Gasteiger partial charge in [0.05, 0.1) is 0 Å². The van der Waals surface area contributed by atoms with Crippen LogP contribution in [0.1, 0.15) is 220 Å². The third-order valence-electron chi connectivity index (χ3n) is 11.1. The Bertz CT molecular complexity index is 1580. The first-order valence-electron chi connectivity index (χ1n) is 27.8. The van der Waals surface area contributed by atoms with Gasteiger partial charge in [-0.1, -0.05) is 212 Å². The maximum atomic E-state index is 12.8. The lowest BCUT2D eigenvalue weighted by Gasteiger charge is -2.18. The Balaban J connectivity index is 4.61. The van der Waals surface area contributed by atoms with Crippen molar-refractivity contribution in [3.63, 3.8) is 0 Å². The molecule has 70 heavy (non-hydrogen) atoms. The molecule has 0 aromatic heterocycles. The van der Waals surface area contributed by atoms with E-state index in [1.807, 2.05) is 0 Å². The second-order valence-electron chi connectivity index (χ2n) is 17.7. The number of hydrogen-bond acceptors (Lipinski definition) is 6. The van der Waals surface area contributed by atoms with Crippen LogP contribution in [-0.4, -0.2) is 37.2 Å². The van der Waals surface area contributed by atoms with E-state index < -0.39 is 6.10 Å². The zero-order valence-electron chi connectivity index (χ0n) is 44.7. The Morgan fingerprint density at radius 2 is 0.571 bits per heavy atom. The van der Waals surface area contributed by atoms with E-state index in [9.17, 15) is 14.4 Å². The van der Waals surface area contributed by atoms with Crippen LogP contribution >= 0.6 is 0 Å². The number of allylic oxidation sites excluding steroid dienone is 24. The molecule has 1 atom stereocenters. The molecule has 0 amide bonds. The Morgan fingerprint density at radius 1 is 0.300 bits per heavy atom. The summed E-state index contributed by atoms with van der Waals surface area (Å²) in [5, 5.41) is 0. The van der Waals surface area contributed by atoms with Gasteiger partial charge in [-0.15, -0.1) is 0 Å². The molecule has 0 rings (SSSR count). The minimum Gasteiger partial charge on any atom is -0.462 e. The van der Waals surface area contributed by atoms with Gasteiger partial charge in [-0.3, -0.25) is 14.4 Å². The highest BCUT2D eigenvalue weighted by molar-refractivity contribution is 5.71. The highest BCUT2D eigenvalue weighted by Crippen LogP contribution is 2.11. The summed E-state index contributed by atoms with van der Waals surface area (Å²) < 4.78 is 16.7. The largest absolute Gasteiger partial charge is 0.462 e. The van der Waals surface area contributed by atoms with Gasteiger partial charge in [0.1, 0.15) is 13.2 Å². The average molecular weight is 965 g/mol. The normalized spacial score (nSPS) is 13.2. The molecule has 0 spiro atoms. The molecule has 0 saturated heterocycles. The first-order valence-corrected chi connectivity index (χ1v) is 27.8. The summed E-state index contributed by atoms with van der Waals surface area (Å²) in [5.74, 6) is -1.05. The molecule has 0 aromatic rings. The summed E-state index contributed by atoms with van der Waals surface area (Å²) in [6.45, 7) is 6.29. The molecule has 0 aromatic carbocycles. The van der Waals surface area contributed by atoms with Crippen LogP contribution in [0.25, 0.3) is 0 Å². The van der Waals surface area contributed by atoms with E-state index >= 15 is 0 Å². The van der Waals surface area contributed by atoms with Gasteiger partial charge in [-0.2, -0.15) is 0 Å². The molecule has 0 N–H and O–H groups in total. The lowest BCUT2D eigenvalue weighted by Crippen LogP contribution is -2.30. The average Bonchev–Trinajstić information content (AvgIpc) is 3.36. The van der Waals surface area contributed by atoms with Crippen molar-refractivity contribution >= 4 is 17.9 Å². The van der Waals surface area contributed by atoms with Gasteiger partial charge in [0.15, 0.2) is 6.10 Å². The van der Waals surface area contributed by atoms with Crippen LogP contribution < -0.4 is 0 Å². The summed E-state index contributed by atoms with van der Waals surface area (Å²) in [7, 11) is 0. The Kier molecular flexibility index (Phi) is 53.0. The monoisotopic (exact) mass is 965 g/mol. The first-order chi connectivity index (χ1) is 34.5. The van der Waals surface area contributed by atoms with Crippen molar-refractivity contribution in [1.29, 1.82) is 0 Å². The number of hydrogen-bond donors (Lipinski definition) is 0. The van der Waals surface area contributed by atoms with Gasteiger partial charge in [-0.05, 0) is 135 Å². The van der Waals surface area contributed by atoms with E-state index in [0.29, 0.717) is 19.3 Å². The number of unbranched alkanes of at least 4 members (excludes halogenated alkanes) is 13. The molecule has 6 heteroatoms. The molecule has 0 aliphatic heterocycles. The van der Waals surface area contributed by atoms with Crippen molar-refractivity contribution in [2.45, 2.75) is 226 Å². The summed E-state index contributed by atoms with van der Waals surface area (Å²) in [4.78, 5) is 38.1. The zero-order chi connectivity index (χ0) is 50.7. The van der Waals surface area contributed by atoms with E-state index in [1.54, 1.807) is 0 Å². The Labute approximate surface area is 429 Å². The number of rotatable bonds is 48. The van der Waals surface area contributed by atoms with Gasteiger partial charge < -0.3 is 14.2 Å². The molecule has 0 aliphatic carbocycles. The van der Waals surface area contributed by atoms with Crippen molar-refractivity contribution < 1.29 is 28.6 Å². The zero-order valence-corrected chi connectivity index (χ0v) is 44.7. The molecule has 392 valence electrons. The van der Waals surface area contributed by atoms with Gasteiger partial charge >= 0.3 is 17.9 Å². The molecule has 0 aliphatic rings. The first kappa shape index (κ1) is 65.3. The lowest BCUT2D eigenvalue weighted by molar-refractivity contribution is -0.167. The molecule has 6 nitrogen and oxygen atoms in total. The number of ether oxygens (including phenoxy) is 3. The summed E-state index contributed by atoms with van der Waals surface area (Å²) in [6, 6.07) is 0. The number of esters is 3. The van der Waals surface area contributed by atoms with Crippen molar-refractivity contribution in [3.05, 3.63) is 146 Å². The maximum absolute atomic E-state index is 12.8. The molecule has 1 unspecified atom stereocenters. The maximum Gasteiger partial charge on any atom is 0.306 e. The highest BCUT2D eigenvalue weighted by Gasteiger charge is 2.19. The van der Waals surface area contributed by atoms with E-state index in [-0.39, 0.29) is 37.5 Å². The van der Waals surface area contributed by atoms with Gasteiger partial charge in [0, 0.05) is 19.3 Å². The van der Waals surface area contributed by atoms with E-state index in [0.717, 1.165) is 128 Å². The lowest BCUT2D eigenvalue weighted by atomic mass is 10.1. The van der Waals surface area contributed by atoms with Crippen molar-refractivity contribution in [2.24, 2.45) is 0 Å². The molecule has 0 saturated carbocycles. The van der Waals surface area contributed by atoms with Gasteiger partial charge in [-0.25, -0.2) is 0 Å². The smallest absolute Gasteiger partial charge is 0.306 e. The van der Waals surface area contributed by atoms with E-state index in [4.69, 9.17) is 14.2 Å². The van der Waals surface area contributed by atoms with Crippen molar-refractivity contribution in [1.82, 2.24) is 0 Å². The third kappa shape index (κ3) is 54.2. The third-order valence-corrected chi connectivity index (χ3v) is 11.1. The fourth-order valence-electron chi connectivity index (χ4n) is 6.94. The van der Waals surface area contributed by atoms with Crippen LogP contribution in [-0.2, 0) is 28.6 Å². The molecular weight excluding hydrogens is 865 g/mol. The summed E-state index contributed by atoms with van der Waals surface area (Å²) >= 11 is 0. The molecule has 0 bridgehead atoms. The van der Waals surface area contributed by atoms with Crippen LogP contribution in [0.15, 0.2) is 146 Å². The Morgan fingerprint density at radius 3 is 0.914 bits per heavy atom. The molecule has 0 radical (unpaired) electrons. The second-order valence-corrected chi connectivity index (χ2v) is 17.7. The fourth-order valence-corrected chi connectivity index (χ4v) is 6.94. The Hall–Kier alpha value is -4.71. The fraction of sp³-hybridized carbons (Fsp3) is 0.578. The molecule has 0 heterocycles. The predicted molar refractivity (Wildman–Crippen MR) is 302 cm³/mol.